The third-order valence-electron chi connectivity index (χ3n) is 5.86. The third kappa shape index (κ3) is 6.31. The molecule has 0 aliphatic carbocycles. The van der Waals surface area contributed by atoms with E-state index in [4.69, 9.17) is 0 Å². The van der Waals surface area contributed by atoms with Crippen LogP contribution in [0.2, 0.25) is 0 Å². The monoisotopic (exact) mass is 458 g/mol. The lowest BCUT2D eigenvalue weighted by atomic mass is 10.1. The minimum Gasteiger partial charge on any atom is -0.369 e. The SMILES string of the molecule is CC(=O)Nc1c(C)cc(S(=O)(=O)NCCCc2ccc(N3CCN(C)CC3)cc2)cc1C. The maximum Gasteiger partial charge on any atom is 0.240 e. The normalized spacial score (nSPS) is 15.1. The van der Waals surface area contributed by atoms with E-state index in [1.165, 1.54) is 18.2 Å². The fraction of sp³-hybridized carbons (Fsp3) is 0.458. The van der Waals surface area contributed by atoms with Gasteiger partial charge in [0.1, 0.15) is 0 Å². The van der Waals surface area contributed by atoms with Crippen molar-refractivity contribution in [1.82, 2.24) is 9.62 Å². The Morgan fingerprint density at radius 2 is 1.59 bits per heavy atom. The lowest BCUT2D eigenvalue weighted by Crippen LogP contribution is -2.44. The van der Waals surface area contributed by atoms with Crippen LogP contribution in [0.3, 0.4) is 0 Å². The highest BCUT2D eigenvalue weighted by Gasteiger charge is 2.17. The number of hydrogen-bond acceptors (Lipinski definition) is 5. The molecule has 174 valence electrons. The molecule has 1 saturated heterocycles. The summed E-state index contributed by atoms with van der Waals surface area (Å²) in [5, 5.41) is 2.76. The highest BCUT2D eigenvalue weighted by molar-refractivity contribution is 7.89. The zero-order valence-corrected chi connectivity index (χ0v) is 20.3. The van der Waals surface area contributed by atoms with Crippen molar-refractivity contribution in [3.05, 3.63) is 53.1 Å². The quantitative estimate of drug-likeness (QED) is 0.595. The van der Waals surface area contributed by atoms with Crippen LogP contribution >= 0.6 is 0 Å². The number of piperazine rings is 1. The molecular formula is C24H34N4O3S. The number of hydrogen-bond donors (Lipinski definition) is 2. The number of rotatable bonds is 8. The third-order valence-corrected chi connectivity index (χ3v) is 7.30. The molecule has 1 aliphatic heterocycles. The maximum atomic E-state index is 12.7. The Bertz CT molecular complexity index is 1020. The molecule has 2 aromatic rings. The van der Waals surface area contributed by atoms with Crippen molar-refractivity contribution in [2.45, 2.75) is 38.5 Å². The van der Waals surface area contributed by atoms with Crippen LogP contribution in [0.25, 0.3) is 0 Å². The molecule has 0 atom stereocenters. The van der Waals surface area contributed by atoms with E-state index in [1.807, 2.05) is 0 Å². The van der Waals surface area contributed by atoms with Gasteiger partial charge in [-0.2, -0.15) is 0 Å². The van der Waals surface area contributed by atoms with E-state index in [9.17, 15) is 13.2 Å². The summed E-state index contributed by atoms with van der Waals surface area (Å²) in [5.41, 5.74) is 4.56. The van der Waals surface area contributed by atoms with Gasteiger partial charge in [0, 0.05) is 51.0 Å². The van der Waals surface area contributed by atoms with Gasteiger partial charge in [0.2, 0.25) is 15.9 Å². The zero-order valence-electron chi connectivity index (χ0n) is 19.4. The predicted octanol–water partition coefficient (Wildman–Crippen LogP) is 2.92. The molecule has 1 amide bonds. The molecule has 0 bridgehead atoms. The van der Waals surface area contributed by atoms with Gasteiger partial charge in [-0.05, 0) is 74.7 Å². The predicted molar refractivity (Wildman–Crippen MR) is 130 cm³/mol. The second-order valence-corrected chi connectivity index (χ2v) is 10.3. The van der Waals surface area contributed by atoms with Crippen molar-refractivity contribution >= 4 is 27.3 Å². The van der Waals surface area contributed by atoms with E-state index >= 15 is 0 Å². The minimum absolute atomic E-state index is 0.179. The van der Waals surface area contributed by atoms with Gasteiger partial charge < -0.3 is 15.1 Å². The molecular weight excluding hydrogens is 424 g/mol. The minimum atomic E-state index is -3.60. The summed E-state index contributed by atoms with van der Waals surface area (Å²) >= 11 is 0. The Kier molecular flexibility index (Phi) is 7.92. The molecule has 0 spiro atoms. The lowest BCUT2D eigenvalue weighted by molar-refractivity contribution is -0.114. The average molecular weight is 459 g/mol. The summed E-state index contributed by atoms with van der Waals surface area (Å²) < 4.78 is 28.1. The molecule has 1 fully saturated rings. The zero-order chi connectivity index (χ0) is 23.3. The van der Waals surface area contributed by atoms with Gasteiger partial charge in [-0.15, -0.1) is 0 Å². The average Bonchev–Trinajstić information content (AvgIpc) is 2.74. The first kappa shape index (κ1) is 24.2. The van der Waals surface area contributed by atoms with Crippen molar-refractivity contribution in [1.29, 1.82) is 0 Å². The first-order chi connectivity index (χ1) is 15.2. The number of anilines is 2. The van der Waals surface area contributed by atoms with Crippen molar-refractivity contribution < 1.29 is 13.2 Å². The van der Waals surface area contributed by atoms with Gasteiger partial charge in [0.25, 0.3) is 0 Å². The summed E-state index contributed by atoms with van der Waals surface area (Å²) in [4.78, 5) is 16.3. The van der Waals surface area contributed by atoms with Gasteiger partial charge in [0.05, 0.1) is 4.90 Å². The van der Waals surface area contributed by atoms with E-state index in [-0.39, 0.29) is 10.8 Å². The number of carbonyl (C=O) groups is 1. The second kappa shape index (κ2) is 10.5. The van der Waals surface area contributed by atoms with E-state index in [0.29, 0.717) is 12.2 Å². The largest absolute Gasteiger partial charge is 0.369 e. The molecule has 2 N–H and O–H groups in total. The van der Waals surface area contributed by atoms with Crippen LogP contribution in [0.5, 0.6) is 0 Å². The van der Waals surface area contributed by atoms with Crippen molar-refractivity contribution in [2.75, 3.05) is 50.0 Å². The van der Waals surface area contributed by atoms with Crippen molar-refractivity contribution in [3.8, 4) is 0 Å². The Morgan fingerprint density at radius 1 is 1.00 bits per heavy atom. The summed E-state index contributed by atoms with van der Waals surface area (Å²) in [6, 6.07) is 11.8. The van der Waals surface area contributed by atoms with Crippen LogP contribution in [-0.4, -0.2) is 59.0 Å². The van der Waals surface area contributed by atoms with Gasteiger partial charge in [-0.3, -0.25) is 4.79 Å². The van der Waals surface area contributed by atoms with Crippen LogP contribution in [0, 0.1) is 13.8 Å². The molecule has 3 rings (SSSR count). The standard InChI is InChI=1S/C24H34N4O3S/c1-18-16-23(17-19(2)24(18)26-20(3)29)32(30,31)25-11-5-6-21-7-9-22(10-8-21)28-14-12-27(4)13-15-28/h7-10,16-17,25H,5-6,11-15H2,1-4H3,(H,26,29). The highest BCUT2D eigenvalue weighted by Crippen LogP contribution is 2.25. The molecule has 0 radical (unpaired) electrons. The van der Waals surface area contributed by atoms with Gasteiger partial charge in [0.15, 0.2) is 0 Å². The highest BCUT2D eigenvalue weighted by atomic mass is 32.2. The fourth-order valence-electron chi connectivity index (χ4n) is 3.97. The number of nitrogens with zero attached hydrogens (tertiary/aromatic N) is 2. The van der Waals surface area contributed by atoms with Crippen molar-refractivity contribution in [2.24, 2.45) is 0 Å². The van der Waals surface area contributed by atoms with E-state index < -0.39 is 10.0 Å². The first-order valence-corrected chi connectivity index (χ1v) is 12.5. The number of sulfonamides is 1. The summed E-state index contributed by atoms with van der Waals surface area (Å²) in [6.07, 6.45) is 1.53. The number of carbonyl (C=O) groups excluding carboxylic acids is 1. The smallest absolute Gasteiger partial charge is 0.240 e. The second-order valence-electron chi connectivity index (χ2n) is 8.57. The van der Waals surface area contributed by atoms with Crippen LogP contribution < -0.4 is 14.9 Å². The van der Waals surface area contributed by atoms with Gasteiger partial charge in [-0.1, -0.05) is 12.1 Å². The number of amides is 1. The molecule has 8 heteroatoms. The molecule has 2 aromatic carbocycles. The van der Waals surface area contributed by atoms with Gasteiger partial charge >= 0.3 is 0 Å². The Morgan fingerprint density at radius 3 is 2.16 bits per heavy atom. The summed E-state index contributed by atoms with van der Waals surface area (Å²) in [6.45, 7) is 9.64. The molecule has 1 aliphatic rings. The van der Waals surface area contributed by atoms with Crippen molar-refractivity contribution in [3.63, 3.8) is 0 Å². The Hall–Kier alpha value is -2.42. The number of likely N-dealkylation sites (N-methyl/N-ethyl adjacent to an activating group) is 1. The van der Waals surface area contributed by atoms with E-state index in [1.54, 1.807) is 26.0 Å². The van der Waals surface area contributed by atoms with Crippen LogP contribution in [0.1, 0.15) is 30.0 Å². The van der Waals surface area contributed by atoms with Crippen LogP contribution in [0.15, 0.2) is 41.3 Å². The number of aryl methyl sites for hydroxylation is 3. The summed E-state index contributed by atoms with van der Waals surface area (Å²) in [7, 11) is -1.45. The van der Waals surface area contributed by atoms with E-state index in [0.717, 1.165) is 50.1 Å². The molecule has 32 heavy (non-hydrogen) atoms. The molecule has 7 nitrogen and oxygen atoms in total. The Labute approximate surface area is 191 Å². The fourth-order valence-corrected chi connectivity index (χ4v) is 5.22. The lowest BCUT2D eigenvalue weighted by Gasteiger charge is -2.34. The number of benzene rings is 2. The van der Waals surface area contributed by atoms with E-state index in [2.05, 4.69) is 51.2 Å². The van der Waals surface area contributed by atoms with Crippen LogP contribution in [-0.2, 0) is 21.2 Å². The van der Waals surface area contributed by atoms with Crippen LogP contribution in [0.4, 0.5) is 11.4 Å². The number of nitrogens with one attached hydrogen (secondary N) is 2. The first-order valence-electron chi connectivity index (χ1n) is 11.1. The molecule has 1 heterocycles. The molecule has 0 aromatic heterocycles. The molecule has 0 unspecified atom stereocenters. The maximum absolute atomic E-state index is 12.7. The summed E-state index contributed by atoms with van der Waals surface area (Å²) in [5.74, 6) is -0.179. The molecule has 0 saturated carbocycles. The Balaban J connectivity index is 1.52. The topological polar surface area (TPSA) is 81.7 Å². The van der Waals surface area contributed by atoms with Gasteiger partial charge in [-0.25, -0.2) is 13.1 Å².